The summed E-state index contributed by atoms with van der Waals surface area (Å²) in [4.78, 5) is 16.2. The molecular formula is C15H14ClN3O. The van der Waals surface area contributed by atoms with E-state index in [1.54, 1.807) is 6.20 Å². The predicted octanol–water partition coefficient (Wildman–Crippen LogP) is 2.90. The number of fused-ring (bicyclic) bond motifs is 1. The van der Waals surface area contributed by atoms with Crippen molar-refractivity contribution in [2.45, 2.75) is 20.0 Å². The molecule has 20 heavy (non-hydrogen) atoms. The largest absolute Gasteiger partial charge is 0.321 e. The second kappa shape index (κ2) is 5.23. The molecule has 1 aliphatic heterocycles. The van der Waals surface area contributed by atoms with Crippen LogP contribution in [0.1, 0.15) is 27.0 Å². The minimum atomic E-state index is -0.136. The molecule has 0 saturated heterocycles. The average Bonchev–Trinajstić information content (AvgIpc) is 2.90. The summed E-state index contributed by atoms with van der Waals surface area (Å²) < 4.78 is 0. The van der Waals surface area contributed by atoms with Gasteiger partial charge in [0.15, 0.2) is 0 Å². The van der Waals surface area contributed by atoms with E-state index >= 15 is 0 Å². The number of benzene rings is 1. The molecule has 0 atom stereocenters. The summed E-state index contributed by atoms with van der Waals surface area (Å²) in [7, 11) is 0. The number of amides is 1. The summed E-state index contributed by atoms with van der Waals surface area (Å²) in [5, 5.41) is 6.55. The number of nitrogens with zero attached hydrogens (tertiary/aromatic N) is 1. The third-order valence-electron chi connectivity index (χ3n) is 3.37. The average molecular weight is 288 g/mol. The zero-order chi connectivity index (χ0) is 14.1. The summed E-state index contributed by atoms with van der Waals surface area (Å²) >= 11 is 5.87. The number of halogens is 1. The molecule has 0 saturated carbocycles. The number of carbonyl (C=O) groups is 1. The highest BCUT2D eigenvalue weighted by atomic mass is 35.5. The predicted molar refractivity (Wildman–Crippen MR) is 78.9 cm³/mol. The van der Waals surface area contributed by atoms with Crippen molar-refractivity contribution in [2.24, 2.45) is 0 Å². The molecule has 2 N–H and O–H groups in total. The molecule has 0 spiro atoms. The van der Waals surface area contributed by atoms with Gasteiger partial charge in [0.1, 0.15) is 5.15 Å². The zero-order valence-corrected chi connectivity index (χ0v) is 11.8. The van der Waals surface area contributed by atoms with Gasteiger partial charge in [0.05, 0.1) is 11.9 Å². The summed E-state index contributed by atoms with van der Waals surface area (Å²) in [5.74, 6) is -0.136. The highest BCUT2D eigenvalue weighted by Gasteiger charge is 2.13. The maximum absolute atomic E-state index is 12.2. The van der Waals surface area contributed by atoms with Crippen LogP contribution in [0.25, 0.3) is 0 Å². The van der Waals surface area contributed by atoms with Crippen LogP contribution in [0.15, 0.2) is 30.5 Å². The highest BCUT2D eigenvalue weighted by Crippen LogP contribution is 2.19. The molecule has 1 aliphatic rings. The minimum Gasteiger partial charge on any atom is -0.321 e. The van der Waals surface area contributed by atoms with Crippen LogP contribution in [-0.4, -0.2) is 10.9 Å². The number of aryl methyl sites for hydroxylation is 1. The zero-order valence-electron chi connectivity index (χ0n) is 11.0. The molecule has 4 nitrogen and oxygen atoms in total. The van der Waals surface area contributed by atoms with Crippen LogP contribution in [0.3, 0.4) is 0 Å². The maximum atomic E-state index is 12.2. The van der Waals surface area contributed by atoms with Crippen molar-refractivity contribution < 1.29 is 4.79 Å². The summed E-state index contributed by atoms with van der Waals surface area (Å²) in [6, 6.07) is 7.58. The topological polar surface area (TPSA) is 54.0 Å². The number of rotatable bonds is 2. The van der Waals surface area contributed by atoms with Crippen LogP contribution in [0.5, 0.6) is 0 Å². The summed E-state index contributed by atoms with van der Waals surface area (Å²) in [6.07, 6.45) is 1.56. The van der Waals surface area contributed by atoms with Gasteiger partial charge in [-0.3, -0.25) is 4.79 Å². The van der Waals surface area contributed by atoms with Gasteiger partial charge in [-0.05, 0) is 41.8 Å². The number of hydrogen-bond acceptors (Lipinski definition) is 3. The maximum Gasteiger partial charge on any atom is 0.255 e. The van der Waals surface area contributed by atoms with Gasteiger partial charge in [-0.25, -0.2) is 4.98 Å². The lowest BCUT2D eigenvalue weighted by atomic mass is 10.1. The highest BCUT2D eigenvalue weighted by molar-refractivity contribution is 6.30. The smallest absolute Gasteiger partial charge is 0.255 e. The molecule has 102 valence electrons. The Morgan fingerprint density at radius 3 is 2.90 bits per heavy atom. The first kappa shape index (κ1) is 13.1. The lowest BCUT2D eigenvalue weighted by Gasteiger charge is -2.07. The van der Waals surface area contributed by atoms with Crippen molar-refractivity contribution >= 4 is 23.2 Å². The molecule has 1 aromatic heterocycles. The number of nitrogens with one attached hydrogen (secondary N) is 2. The molecule has 1 aromatic carbocycles. The van der Waals surface area contributed by atoms with E-state index in [1.165, 1.54) is 11.1 Å². The first-order valence-corrected chi connectivity index (χ1v) is 6.77. The molecular weight excluding hydrogens is 274 g/mol. The molecule has 5 heteroatoms. The lowest BCUT2D eigenvalue weighted by molar-refractivity contribution is 0.102. The van der Waals surface area contributed by atoms with Gasteiger partial charge < -0.3 is 10.6 Å². The molecule has 0 radical (unpaired) electrons. The molecule has 1 amide bonds. The van der Waals surface area contributed by atoms with E-state index in [9.17, 15) is 4.79 Å². The van der Waals surface area contributed by atoms with Crippen molar-refractivity contribution in [2.75, 3.05) is 5.32 Å². The molecule has 2 heterocycles. The van der Waals surface area contributed by atoms with Crippen molar-refractivity contribution in [3.8, 4) is 0 Å². The second-order valence-electron chi connectivity index (χ2n) is 4.87. The first-order chi connectivity index (χ1) is 9.63. The van der Waals surface area contributed by atoms with Gasteiger partial charge in [-0.1, -0.05) is 17.7 Å². The fraction of sp³-hybridized carbons (Fsp3) is 0.200. The van der Waals surface area contributed by atoms with Gasteiger partial charge in [-0.2, -0.15) is 0 Å². The fourth-order valence-electron chi connectivity index (χ4n) is 2.27. The number of aromatic nitrogens is 1. The number of hydrogen-bond donors (Lipinski definition) is 2. The van der Waals surface area contributed by atoms with Crippen LogP contribution in [-0.2, 0) is 13.1 Å². The van der Waals surface area contributed by atoms with Crippen LogP contribution in [0.4, 0.5) is 5.69 Å². The SMILES string of the molecule is Cc1cc(NC(=O)c2ccc3c(c2)CNC3)cnc1Cl. The normalized spacial score (nSPS) is 13.1. The van der Waals surface area contributed by atoms with E-state index in [2.05, 4.69) is 15.6 Å². The van der Waals surface area contributed by atoms with E-state index in [0.717, 1.165) is 18.7 Å². The van der Waals surface area contributed by atoms with Gasteiger partial charge in [0.2, 0.25) is 0 Å². The van der Waals surface area contributed by atoms with Gasteiger partial charge in [0, 0.05) is 18.7 Å². The van der Waals surface area contributed by atoms with E-state index in [1.807, 2.05) is 31.2 Å². The van der Waals surface area contributed by atoms with Crippen LogP contribution >= 0.6 is 11.6 Å². The van der Waals surface area contributed by atoms with Crippen LogP contribution in [0.2, 0.25) is 5.15 Å². The number of anilines is 1. The van der Waals surface area contributed by atoms with Crippen molar-refractivity contribution in [1.29, 1.82) is 0 Å². The Kier molecular flexibility index (Phi) is 3.42. The van der Waals surface area contributed by atoms with E-state index in [0.29, 0.717) is 16.4 Å². The van der Waals surface area contributed by atoms with E-state index < -0.39 is 0 Å². The molecule has 0 fully saturated rings. The van der Waals surface area contributed by atoms with Crippen LogP contribution < -0.4 is 10.6 Å². The monoisotopic (exact) mass is 287 g/mol. The molecule has 0 bridgehead atoms. The Hall–Kier alpha value is -1.91. The minimum absolute atomic E-state index is 0.136. The standard InChI is InChI=1S/C15H14ClN3O/c1-9-4-13(8-18-14(9)16)19-15(20)10-2-3-11-6-17-7-12(11)5-10/h2-5,8,17H,6-7H2,1H3,(H,19,20). The van der Waals surface area contributed by atoms with Gasteiger partial charge >= 0.3 is 0 Å². The fourth-order valence-corrected chi connectivity index (χ4v) is 2.37. The third kappa shape index (κ3) is 2.53. The van der Waals surface area contributed by atoms with Crippen molar-refractivity contribution in [3.05, 3.63) is 57.9 Å². The lowest BCUT2D eigenvalue weighted by Crippen LogP contribution is -2.12. The van der Waals surface area contributed by atoms with Crippen LogP contribution in [0, 0.1) is 6.92 Å². The molecule has 3 rings (SSSR count). The first-order valence-electron chi connectivity index (χ1n) is 6.39. The Bertz CT molecular complexity index is 685. The third-order valence-corrected chi connectivity index (χ3v) is 3.77. The molecule has 0 aliphatic carbocycles. The Morgan fingerprint density at radius 2 is 2.10 bits per heavy atom. The van der Waals surface area contributed by atoms with E-state index in [4.69, 9.17) is 11.6 Å². The Labute approximate surface area is 122 Å². The quantitative estimate of drug-likeness (QED) is 0.835. The van der Waals surface area contributed by atoms with Gasteiger partial charge in [-0.15, -0.1) is 0 Å². The Morgan fingerprint density at radius 1 is 1.30 bits per heavy atom. The van der Waals surface area contributed by atoms with Crippen molar-refractivity contribution in [1.82, 2.24) is 10.3 Å². The molecule has 2 aromatic rings. The number of pyridine rings is 1. The van der Waals surface area contributed by atoms with Crippen molar-refractivity contribution in [3.63, 3.8) is 0 Å². The second-order valence-corrected chi connectivity index (χ2v) is 5.23. The number of carbonyl (C=O) groups excluding carboxylic acids is 1. The Balaban J connectivity index is 1.80. The van der Waals surface area contributed by atoms with Gasteiger partial charge in [0.25, 0.3) is 5.91 Å². The van der Waals surface area contributed by atoms with E-state index in [-0.39, 0.29) is 5.91 Å². The summed E-state index contributed by atoms with van der Waals surface area (Å²) in [6.45, 7) is 3.54. The summed E-state index contributed by atoms with van der Waals surface area (Å²) in [5.41, 5.74) is 4.58. The molecule has 0 unspecified atom stereocenters.